The first-order chi connectivity index (χ1) is 16.8. The van der Waals surface area contributed by atoms with Gasteiger partial charge in [0.2, 0.25) is 5.91 Å². The maximum absolute atomic E-state index is 13.1. The molecule has 2 N–H and O–H groups in total. The Morgan fingerprint density at radius 1 is 0.972 bits per heavy atom. The molecule has 0 unspecified atom stereocenters. The van der Waals surface area contributed by atoms with E-state index in [-0.39, 0.29) is 23.8 Å². The molecule has 36 heavy (non-hydrogen) atoms. The summed E-state index contributed by atoms with van der Waals surface area (Å²) >= 11 is 18.2. The number of carbonyl (C=O) groups is 2. The van der Waals surface area contributed by atoms with Crippen LogP contribution in [0.1, 0.15) is 40.3 Å². The zero-order valence-electron chi connectivity index (χ0n) is 20.9. The van der Waals surface area contributed by atoms with Crippen LogP contribution in [-0.2, 0) is 10.2 Å². The van der Waals surface area contributed by atoms with Crippen molar-refractivity contribution in [2.75, 3.05) is 23.7 Å². The number of aromatic nitrogens is 2. The molecule has 0 saturated heterocycles. The molecule has 0 aliphatic rings. The van der Waals surface area contributed by atoms with Gasteiger partial charge in [-0.3, -0.25) is 4.79 Å². The van der Waals surface area contributed by atoms with Gasteiger partial charge in [-0.05, 0) is 48.4 Å². The Morgan fingerprint density at radius 2 is 1.61 bits per heavy atom. The second-order valence-electron chi connectivity index (χ2n) is 9.93. The predicted molar refractivity (Wildman–Crippen MR) is 148 cm³/mol. The van der Waals surface area contributed by atoms with Crippen LogP contribution in [0.2, 0.25) is 15.1 Å². The lowest BCUT2D eigenvalue weighted by molar-refractivity contribution is -0.116. The van der Waals surface area contributed by atoms with Gasteiger partial charge in [0.15, 0.2) is 0 Å². The van der Waals surface area contributed by atoms with Crippen LogP contribution in [0.15, 0.2) is 48.5 Å². The number of nitrogens with one attached hydrogen (secondary N) is 2. The van der Waals surface area contributed by atoms with Gasteiger partial charge in [0.1, 0.15) is 12.4 Å². The van der Waals surface area contributed by atoms with Crippen molar-refractivity contribution >= 4 is 58.2 Å². The molecule has 0 aliphatic carbocycles. The molecule has 3 amide bonds. The zero-order valence-corrected chi connectivity index (χ0v) is 23.2. The van der Waals surface area contributed by atoms with Crippen LogP contribution in [-0.4, -0.2) is 39.7 Å². The van der Waals surface area contributed by atoms with E-state index in [1.165, 1.54) is 4.90 Å². The van der Waals surface area contributed by atoms with E-state index >= 15 is 0 Å². The summed E-state index contributed by atoms with van der Waals surface area (Å²) in [6, 6.07) is 13.4. The molecule has 2 aromatic carbocycles. The van der Waals surface area contributed by atoms with Crippen molar-refractivity contribution in [3.63, 3.8) is 0 Å². The second kappa shape index (κ2) is 11.5. The summed E-state index contributed by atoms with van der Waals surface area (Å²) in [5, 5.41) is 11.8. The van der Waals surface area contributed by atoms with Crippen molar-refractivity contribution in [3.05, 3.63) is 69.3 Å². The molecule has 0 saturated carbocycles. The minimum Gasteiger partial charge on any atom is -0.315 e. The molecule has 1 heterocycles. The van der Waals surface area contributed by atoms with Crippen LogP contribution in [0.4, 0.5) is 16.3 Å². The van der Waals surface area contributed by atoms with E-state index in [1.807, 2.05) is 52.8 Å². The number of nitrogens with zero attached hydrogens (tertiary/aromatic N) is 3. The lowest BCUT2D eigenvalue weighted by Crippen LogP contribution is -2.42. The van der Waals surface area contributed by atoms with Gasteiger partial charge >= 0.3 is 6.03 Å². The van der Waals surface area contributed by atoms with Crippen LogP contribution in [0.3, 0.4) is 0 Å². The summed E-state index contributed by atoms with van der Waals surface area (Å²) in [5.41, 5.74) is 1.73. The highest BCUT2D eigenvalue weighted by atomic mass is 35.5. The molecule has 3 aromatic rings. The Hall–Kier alpha value is -2.74. The third kappa shape index (κ3) is 7.38. The standard InChI is InChI=1S/C26H30Cl3N5O2/c1-16(2)14-33(25(36)30-21-11-8-18(28)12-20(21)29)15-24(35)31-23-13-22(26(3,4)5)32-34(23)19-9-6-17(27)7-10-19/h6-13,16H,14-15H2,1-5H3,(H,30,36)(H,31,35). The maximum atomic E-state index is 13.1. The smallest absolute Gasteiger partial charge is 0.315 e. The highest BCUT2D eigenvalue weighted by molar-refractivity contribution is 6.36. The summed E-state index contributed by atoms with van der Waals surface area (Å²) in [6.45, 7) is 10.3. The summed E-state index contributed by atoms with van der Waals surface area (Å²) < 4.78 is 1.66. The highest BCUT2D eigenvalue weighted by Crippen LogP contribution is 2.28. The Bertz CT molecular complexity index is 1230. The number of benzene rings is 2. The topological polar surface area (TPSA) is 79.3 Å². The Labute approximate surface area is 226 Å². The van der Waals surface area contributed by atoms with Gasteiger partial charge in [0.25, 0.3) is 0 Å². The number of carbonyl (C=O) groups excluding carboxylic acids is 2. The average Bonchev–Trinajstić information content (AvgIpc) is 3.19. The normalized spacial score (nSPS) is 11.5. The van der Waals surface area contributed by atoms with Gasteiger partial charge < -0.3 is 15.5 Å². The molecular formula is C26H30Cl3N5O2. The van der Waals surface area contributed by atoms with Gasteiger partial charge in [0, 0.05) is 28.1 Å². The largest absolute Gasteiger partial charge is 0.322 e. The molecule has 3 rings (SSSR count). The minimum atomic E-state index is -0.440. The summed E-state index contributed by atoms with van der Waals surface area (Å²) in [5.74, 6) is 0.276. The fourth-order valence-electron chi connectivity index (χ4n) is 3.42. The maximum Gasteiger partial charge on any atom is 0.322 e. The molecule has 0 atom stereocenters. The Balaban J connectivity index is 1.82. The predicted octanol–water partition coefficient (Wildman–Crippen LogP) is 7.26. The fraction of sp³-hybridized carbons (Fsp3) is 0.346. The van der Waals surface area contributed by atoms with Gasteiger partial charge in [0.05, 0.1) is 22.1 Å². The van der Waals surface area contributed by atoms with Crippen molar-refractivity contribution in [1.29, 1.82) is 0 Å². The number of anilines is 2. The molecular weight excluding hydrogens is 521 g/mol. The molecule has 0 spiro atoms. The first-order valence-corrected chi connectivity index (χ1v) is 12.6. The number of halogens is 3. The van der Waals surface area contributed by atoms with Crippen molar-refractivity contribution in [2.45, 2.75) is 40.0 Å². The SMILES string of the molecule is CC(C)CN(CC(=O)Nc1cc(C(C)(C)C)nn1-c1ccc(Cl)cc1)C(=O)Nc1ccc(Cl)cc1Cl. The van der Waals surface area contributed by atoms with Crippen LogP contribution < -0.4 is 10.6 Å². The number of hydrogen-bond donors (Lipinski definition) is 2. The molecule has 0 radical (unpaired) electrons. The zero-order chi connectivity index (χ0) is 26.6. The first-order valence-electron chi connectivity index (χ1n) is 11.5. The van der Waals surface area contributed by atoms with E-state index in [2.05, 4.69) is 10.6 Å². The highest BCUT2D eigenvalue weighted by Gasteiger charge is 2.24. The van der Waals surface area contributed by atoms with Gasteiger partial charge in [-0.1, -0.05) is 69.4 Å². The van der Waals surface area contributed by atoms with Gasteiger partial charge in [-0.15, -0.1) is 0 Å². The number of rotatable bonds is 7. The van der Waals surface area contributed by atoms with Crippen LogP contribution in [0.25, 0.3) is 5.69 Å². The van der Waals surface area contributed by atoms with E-state index < -0.39 is 6.03 Å². The second-order valence-corrected chi connectivity index (χ2v) is 11.2. The monoisotopic (exact) mass is 549 g/mol. The third-order valence-corrected chi connectivity index (χ3v) is 6.00. The van der Waals surface area contributed by atoms with E-state index in [0.717, 1.165) is 11.4 Å². The Kier molecular flexibility index (Phi) is 8.93. The van der Waals surface area contributed by atoms with Crippen molar-refractivity contribution in [2.24, 2.45) is 5.92 Å². The van der Waals surface area contributed by atoms with E-state index in [4.69, 9.17) is 39.9 Å². The van der Waals surface area contributed by atoms with Crippen molar-refractivity contribution < 1.29 is 9.59 Å². The lowest BCUT2D eigenvalue weighted by atomic mass is 9.92. The molecule has 1 aromatic heterocycles. The van der Waals surface area contributed by atoms with Crippen LogP contribution >= 0.6 is 34.8 Å². The lowest BCUT2D eigenvalue weighted by Gasteiger charge is -2.24. The number of hydrogen-bond acceptors (Lipinski definition) is 3. The quantitative estimate of drug-likeness (QED) is 0.325. The summed E-state index contributed by atoms with van der Waals surface area (Å²) in [4.78, 5) is 27.6. The van der Waals surface area contributed by atoms with Gasteiger partial charge in [-0.2, -0.15) is 5.10 Å². The molecule has 192 valence electrons. The van der Waals surface area contributed by atoms with Gasteiger partial charge in [-0.25, -0.2) is 9.48 Å². The Morgan fingerprint density at radius 3 is 2.19 bits per heavy atom. The molecule has 0 bridgehead atoms. The van der Waals surface area contributed by atoms with Crippen molar-refractivity contribution in [1.82, 2.24) is 14.7 Å². The molecule has 7 nitrogen and oxygen atoms in total. The molecule has 0 fully saturated rings. The van der Waals surface area contributed by atoms with Crippen LogP contribution in [0, 0.1) is 5.92 Å². The number of amides is 3. The first kappa shape index (κ1) is 27.8. The van der Waals surface area contributed by atoms with E-state index in [0.29, 0.717) is 33.1 Å². The molecule has 10 heteroatoms. The van der Waals surface area contributed by atoms with E-state index in [9.17, 15) is 9.59 Å². The van der Waals surface area contributed by atoms with Crippen LogP contribution in [0.5, 0.6) is 0 Å². The molecule has 0 aliphatic heterocycles. The van der Waals surface area contributed by atoms with E-state index in [1.54, 1.807) is 35.0 Å². The minimum absolute atomic E-state index is 0.135. The summed E-state index contributed by atoms with van der Waals surface area (Å²) in [6.07, 6.45) is 0. The third-order valence-electron chi connectivity index (χ3n) is 5.20. The number of urea groups is 1. The van der Waals surface area contributed by atoms with Crippen molar-refractivity contribution in [3.8, 4) is 5.69 Å². The summed E-state index contributed by atoms with van der Waals surface area (Å²) in [7, 11) is 0. The average molecular weight is 551 g/mol. The fourth-order valence-corrected chi connectivity index (χ4v) is 4.00.